The van der Waals surface area contributed by atoms with Crippen molar-refractivity contribution in [2.75, 3.05) is 27.7 Å². The molecule has 19 heavy (non-hydrogen) atoms. The summed E-state index contributed by atoms with van der Waals surface area (Å²) in [6, 6.07) is 12.6. The molecule has 0 saturated carbocycles. The Kier molecular flexibility index (Phi) is 4.40. The average molecular weight is 258 g/mol. The van der Waals surface area contributed by atoms with E-state index in [0.717, 1.165) is 18.8 Å². The Balaban J connectivity index is 2.49. The molecule has 0 heterocycles. The molecule has 0 saturated heterocycles. The van der Waals surface area contributed by atoms with E-state index in [9.17, 15) is 0 Å². The molecular formula is C16H22N2O. The van der Waals surface area contributed by atoms with Gasteiger partial charge in [0.1, 0.15) is 0 Å². The normalized spacial score (nSPS) is 11.5. The van der Waals surface area contributed by atoms with E-state index in [1.165, 1.54) is 16.3 Å². The first-order valence-corrected chi connectivity index (χ1v) is 6.66. The van der Waals surface area contributed by atoms with Gasteiger partial charge in [0.25, 0.3) is 0 Å². The molecule has 0 bridgehead atoms. The van der Waals surface area contributed by atoms with Crippen LogP contribution in [0.5, 0.6) is 5.75 Å². The van der Waals surface area contributed by atoms with E-state index in [1.807, 2.05) is 12.1 Å². The molecule has 0 aliphatic carbocycles. The largest absolute Gasteiger partial charge is 0.406 e. The fourth-order valence-corrected chi connectivity index (χ4v) is 2.11. The van der Waals surface area contributed by atoms with E-state index in [2.05, 4.69) is 62.3 Å². The summed E-state index contributed by atoms with van der Waals surface area (Å²) in [5.74, 6) is 0.941. The van der Waals surface area contributed by atoms with Gasteiger partial charge < -0.3 is 9.74 Å². The van der Waals surface area contributed by atoms with Crippen LogP contribution in [-0.4, -0.2) is 37.7 Å². The molecule has 0 aromatic heterocycles. The summed E-state index contributed by atoms with van der Waals surface area (Å²) >= 11 is 0. The average Bonchev–Trinajstić information content (AvgIpc) is 2.40. The summed E-state index contributed by atoms with van der Waals surface area (Å²) in [4.78, 5) is 8.08. The predicted octanol–water partition coefficient (Wildman–Crippen LogP) is 3.15. The fourth-order valence-electron chi connectivity index (χ4n) is 2.11. The highest BCUT2D eigenvalue weighted by atomic mass is 16.7. The summed E-state index contributed by atoms with van der Waals surface area (Å²) < 4.78 is 0. The van der Waals surface area contributed by atoms with Crippen LogP contribution in [0.15, 0.2) is 36.4 Å². The van der Waals surface area contributed by atoms with Gasteiger partial charge in [-0.2, -0.15) is 0 Å². The third-order valence-electron chi connectivity index (χ3n) is 3.17. The Morgan fingerprint density at radius 1 is 1.00 bits per heavy atom. The van der Waals surface area contributed by atoms with Crippen molar-refractivity contribution >= 4 is 10.8 Å². The van der Waals surface area contributed by atoms with Gasteiger partial charge in [-0.1, -0.05) is 30.3 Å². The van der Waals surface area contributed by atoms with Crippen LogP contribution in [-0.2, 0) is 6.54 Å². The Bertz CT molecular complexity index is 551. The Hall–Kier alpha value is -1.58. The molecule has 0 unspecified atom stereocenters. The van der Waals surface area contributed by atoms with Crippen molar-refractivity contribution in [3.8, 4) is 5.75 Å². The number of hydroxylamine groups is 2. The van der Waals surface area contributed by atoms with Gasteiger partial charge in [0.15, 0.2) is 5.75 Å². The third kappa shape index (κ3) is 3.25. The molecule has 3 heteroatoms. The molecule has 0 radical (unpaired) electrons. The molecule has 0 aliphatic rings. The smallest absolute Gasteiger partial charge is 0.152 e. The SMILES string of the molecule is CCN(C)Oc1ccc2ccccc2c1CN(C)C. The Morgan fingerprint density at radius 2 is 1.74 bits per heavy atom. The second-order valence-corrected chi connectivity index (χ2v) is 5.04. The van der Waals surface area contributed by atoms with Gasteiger partial charge in [-0.15, -0.1) is 5.06 Å². The van der Waals surface area contributed by atoms with Crippen LogP contribution >= 0.6 is 0 Å². The zero-order chi connectivity index (χ0) is 13.8. The molecule has 3 nitrogen and oxygen atoms in total. The molecular weight excluding hydrogens is 236 g/mol. The van der Waals surface area contributed by atoms with Crippen LogP contribution in [0.1, 0.15) is 12.5 Å². The lowest BCUT2D eigenvalue weighted by molar-refractivity contribution is -0.0274. The standard InChI is InChI=1S/C16H22N2O/c1-5-18(4)19-16-11-10-13-8-6-7-9-14(13)15(16)12-17(2)3/h6-11H,5,12H2,1-4H3. The van der Waals surface area contributed by atoms with Crippen molar-refractivity contribution in [2.24, 2.45) is 0 Å². The highest BCUT2D eigenvalue weighted by Crippen LogP contribution is 2.29. The highest BCUT2D eigenvalue weighted by molar-refractivity contribution is 5.87. The molecule has 0 spiro atoms. The van der Waals surface area contributed by atoms with Gasteiger partial charge in [0.05, 0.1) is 0 Å². The van der Waals surface area contributed by atoms with Crippen molar-refractivity contribution in [2.45, 2.75) is 13.5 Å². The molecule has 2 aromatic rings. The van der Waals surface area contributed by atoms with E-state index in [1.54, 1.807) is 0 Å². The van der Waals surface area contributed by atoms with Crippen molar-refractivity contribution in [1.29, 1.82) is 0 Å². The number of fused-ring (bicyclic) bond motifs is 1. The van der Waals surface area contributed by atoms with Crippen molar-refractivity contribution in [3.63, 3.8) is 0 Å². The summed E-state index contributed by atoms with van der Waals surface area (Å²) in [6.07, 6.45) is 0. The minimum atomic E-state index is 0.855. The zero-order valence-electron chi connectivity index (χ0n) is 12.2. The first kappa shape index (κ1) is 13.8. The number of nitrogens with zero attached hydrogens (tertiary/aromatic N) is 2. The van der Waals surface area contributed by atoms with E-state index in [-0.39, 0.29) is 0 Å². The highest BCUT2D eigenvalue weighted by Gasteiger charge is 2.11. The first-order chi connectivity index (χ1) is 9.11. The van der Waals surface area contributed by atoms with Gasteiger partial charge >= 0.3 is 0 Å². The van der Waals surface area contributed by atoms with Crippen LogP contribution in [0, 0.1) is 0 Å². The van der Waals surface area contributed by atoms with Gasteiger partial charge in [-0.25, -0.2) is 0 Å². The molecule has 2 aromatic carbocycles. The zero-order valence-corrected chi connectivity index (χ0v) is 12.2. The van der Waals surface area contributed by atoms with Crippen molar-refractivity contribution < 1.29 is 4.84 Å². The predicted molar refractivity (Wildman–Crippen MR) is 80.3 cm³/mol. The number of hydrogen-bond donors (Lipinski definition) is 0. The molecule has 102 valence electrons. The Morgan fingerprint density at radius 3 is 2.42 bits per heavy atom. The quantitative estimate of drug-likeness (QED) is 0.766. The summed E-state index contributed by atoms with van der Waals surface area (Å²) in [6.45, 7) is 3.80. The summed E-state index contributed by atoms with van der Waals surface area (Å²) in [5, 5.41) is 4.37. The fraction of sp³-hybridized carbons (Fsp3) is 0.375. The lowest BCUT2D eigenvalue weighted by Gasteiger charge is -2.21. The molecule has 0 fully saturated rings. The van der Waals surface area contributed by atoms with E-state index >= 15 is 0 Å². The number of benzene rings is 2. The minimum Gasteiger partial charge on any atom is -0.406 e. The van der Waals surface area contributed by atoms with Gasteiger partial charge in [0, 0.05) is 25.7 Å². The van der Waals surface area contributed by atoms with Crippen LogP contribution in [0.4, 0.5) is 0 Å². The minimum absolute atomic E-state index is 0.855. The molecule has 0 amide bonds. The number of hydrogen-bond acceptors (Lipinski definition) is 3. The van der Waals surface area contributed by atoms with Gasteiger partial charge in [-0.05, 0) is 37.9 Å². The van der Waals surface area contributed by atoms with Crippen LogP contribution < -0.4 is 4.84 Å². The van der Waals surface area contributed by atoms with E-state index in [0.29, 0.717) is 0 Å². The second kappa shape index (κ2) is 6.04. The summed E-state index contributed by atoms with van der Waals surface area (Å²) in [7, 11) is 6.11. The monoisotopic (exact) mass is 258 g/mol. The lowest BCUT2D eigenvalue weighted by atomic mass is 10.0. The molecule has 0 N–H and O–H groups in total. The maximum atomic E-state index is 5.91. The van der Waals surface area contributed by atoms with Crippen molar-refractivity contribution in [3.05, 3.63) is 42.0 Å². The van der Waals surface area contributed by atoms with Crippen LogP contribution in [0.3, 0.4) is 0 Å². The van der Waals surface area contributed by atoms with Gasteiger partial charge in [0.2, 0.25) is 0 Å². The molecule has 0 aliphatic heterocycles. The summed E-state index contributed by atoms with van der Waals surface area (Å²) in [5.41, 5.74) is 1.24. The van der Waals surface area contributed by atoms with Crippen LogP contribution in [0.2, 0.25) is 0 Å². The Labute approximate surface area is 115 Å². The van der Waals surface area contributed by atoms with Crippen molar-refractivity contribution in [1.82, 2.24) is 9.96 Å². The first-order valence-electron chi connectivity index (χ1n) is 6.66. The van der Waals surface area contributed by atoms with Gasteiger partial charge in [-0.3, -0.25) is 0 Å². The maximum Gasteiger partial charge on any atom is 0.152 e. The topological polar surface area (TPSA) is 15.7 Å². The number of rotatable bonds is 5. The molecule has 0 atom stereocenters. The third-order valence-corrected chi connectivity index (χ3v) is 3.17. The van der Waals surface area contributed by atoms with E-state index < -0.39 is 0 Å². The van der Waals surface area contributed by atoms with E-state index in [4.69, 9.17) is 4.84 Å². The lowest BCUT2D eigenvalue weighted by Crippen LogP contribution is -2.23. The van der Waals surface area contributed by atoms with Crippen LogP contribution in [0.25, 0.3) is 10.8 Å². The molecule has 2 rings (SSSR count). The maximum absolute atomic E-state index is 5.91. The second-order valence-electron chi connectivity index (χ2n) is 5.04.